The Balaban J connectivity index is 2.36. The quantitative estimate of drug-likeness (QED) is 0.580. The zero-order valence-corrected chi connectivity index (χ0v) is 12.7. The van der Waals surface area contributed by atoms with E-state index >= 15 is 0 Å². The minimum atomic E-state index is -0.514. The van der Waals surface area contributed by atoms with Crippen LogP contribution in [0.15, 0.2) is 6.07 Å². The highest BCUT2D eigenvalue weighted by molar-refractivity contribution is 7.98. The number of hydrogen-bond acceptors (Lipinski definition) is 5. The molecule has 1 unspecified atom stereocenters. The SMILES string of the molecule is CCc1cc(CSCCC(N)C(=O)OC)n(CC)n1. The molecule has 2 N–H and O–H groups in total. The molecule has 0 aromatic carbocycles. The number of nitrogens with zero attached hydrogens (tertiary/aromatic N) is 2. The zero-order chi connectivity index (χ0) is 14.3. The molecule has 1 atom stereocenters. The van der Waals surface area contributed by atoms with Crippen LogP contribution in [-0.2, 0) is 28.2 Å². The number of aryl methyl sites for hydroxylation is 2. The van der Waals surface area contributed by atoms with E-state index in [1.54, 1.807) is 11.8 Å². The van der Waals surface area contributed by atoms with Gasteiger partial charge >= 0.3 is 5.97 Å². The fourth-order valence-electron chi connectivity index (χ4n) is 1.73. The summed E-state index contributed by atoms with van der Waals surface area (Å²) in [6.45, 7) is 5.08. The lowest BCUT2D eigenvalue weighted by atomic mass is 10.2. The van der Waals surface area contributed by atoms with Crippen molar-refractivity contribution < 1.29 is 9.53 Å². The van der Waals surface area contributed by atoms with E-state index in [2.05, 4.69) is 29.7 Å². The average Bonchev–Trinajstić information content (AvgIpc) is 2.84. The Bertz CT molecular complexity index is 407. The van der Waals surface area contributed by atoms with Crippen LogP contribution < -0.4 is 5.73 Å². The second-order valence-corrected chi connectivity index (χ2v) is 5.37. The van der Waals surface area contributed by atoms with Crippen LogP contribution in [0.25, 0.3) is 0 Å². The first-order chi connectivity index (χ1) is 9.12. The van der Waals surface area contributed by atoms with E-state index in [4.69, 9.17) is 5.73 Å². The van der Waals surface area contributed by atoms with E-state index in [1.165, 1.54) is 12.8 Å². The van der Waals surface area contributed by atoms with Crippen molar-refractivity contribution in [3.8, 4) is 0 Å². The minimum absolute atomic E-state index is 0.340. The number of carbonyl (C=O) groups excluding carboxylic acids is 1. The molecule has 0 saturated heterocycles. The van der Waals surface area contributed by atoms with Gasteiger partial charge in [0.25, 0.3) is 0 Å². The summed E-state index contributed by atoms with van der Waals surface area (Å²) in [6.07, 6.45) is 1.59. The van der Waals surface area contributed by atoms with Gasteiger partial charge in [0.15, 0.2) is 0 Å². The normalized spacial score (nSPS) is 12.4. The van der Waals surface area contributed by atoms with Gasteiger partial charge in [0.05, 0.1) is 12.8 Å². The highest BCUT2D eigenvalue weighted by atomic mass is 32.2. The maximum Gasteiger partial charge on any atom is 0.322 e. The van der Waals surface area contributed by atoms with Gasteiger partial charge in [-0.15, -0.1) is 0 Å². The molecule has 108 valence electrons. The fourth-order valence-corrected chi connectivity index (χ4v) is 2.74. The molecular weight excluding hydrogens is 262 g/mol. The van der Waals surface area contributed by atoms with Gasteiger partial charge < -0.3 is 10.5 Å². The maximum absolute atomic E-state index is 11.1. The van der Waals surface area contributed by atoms with Gasteiger partial charge in [0, 0.05) is 18.0 Å². The molecular formula is C13H23N3O2S. The number of methoxy groups -OCH3 is 1. The summed E-state index contributed by atoms with van der Waals surface area (Å²) in [7, 11) is 1.36. The number of esters is 1. The van der Waals surface area contributed by atoms with E-state index in [0.29, 0.717) is 6.42 Å². The third-order valence-electron chi connectivity index (χ3n) is 2.90. The number of carbonyl (C=O) groups is 1. The number of aromatic nitrogens is 2. The number of nitrogens with two attached hydrogens (primary N) is 1. The zero-order valence-electron chi connectivity index (χ0n) is 11.9. The van der Waals surface area contributed by atoms with Gasteiger partial charge in [-0.1, -0.05) is 6.92 Å². The van der Waals surface area contributed by atoms with Gasteiger partial charge in [0.1, 0.15) is 6.04 Å². The van der Waals surface area contributed by atoms with Gasteiger partial charge in [-0.3, -0.25) is 9.48 Å². The molecule has 6 heteroatoms. The number of ether oxygens (including phenoxy) is 1. The van der Waals surface area contributed by atoms with Crippen LogP contribution in [0, 0.1) is 0 Å². The number of rotatable bonds is 8. The summed E-state index contributed by atoms with van der Waals surface area (Å²) in [5, 5.41) is 4.51. The Kier molecular flexibility index (Phi) is 6.94. The molecule has 1 heterocycles. The molecule has 0 saturated carbocycles. The lowest BCUT2D eigenvalue weighted by molar-refractivity contribution is -0.142. The summed E-state index contributed by atoms with van der Waals surface area (Å²) in [5.41, 5.74) is 8.04. The van der Waals surface area contributed by atoms with Gasteiger partial charge in [-0.05, 0) is 31.6 Å². The van der Waals surface area contributed by atoms with E-state index in [0.717, 1.165) is 30.2 Å². The monoisotopic (exact) mass is 285 g/mol. The van der Waals surface area contributed by atoms with Gasteiger partial charge in [-0.2, -0.15) is 16.9 Å². The van der Waals surface area contributed by atoms with Gasteiger partial charge in [-0.25, -0.2) is 0 Å². The van der Waals surface area contributed by atoms with Crippen LogP contribution in [0.2, 0.25) is 0 Å². The second kappa shape index (κ2) is 8.22. The summed E-state index contributed by atoms with van der Waals surface area (Å²) in [5.74, 6) is 1.40. The molecule has 0 fully saturated rings. The van der Waals surface area contributed by atoms with Gasteiger partial charge in [0.2, 0.25) is 0 Å². The molecule has 0 aliphatic heterocycles. The van der Waals surface area contributed by atoms with Crippen molar-refractivity contribution in [2.24, 2.45) is 5.73 Å². The fraction of sp³-hybridized carbons (Fsp3) is 0.692. The van der Waals surface area contributed by atoms with Crippen molar-refractivity contribution in [3.63, 3.8) is 0 Å². The first-order valence-corrected chi connectivity index (χ1v) is 7.74. The Labute approximate surface area is 118 Å². The molecule has 19 heavy (non-hydrogen) atoms. The van der Waals surface area contributed by atoms with Crippen LogP contribution in [0.4, 0.5) is 0 Å². The predicted octanol–water partition coefficient (Wildman–Crippen LogP) is 1.59. The summed E-state index contributed by atoms with van der Waals surface area (Å²) in [6, 6.07) is 1.64. The summed E-state index contributed by atoms with van der Waals surface area (Å²) in [4.78, 5) is 11.1. The molecule has 0 amide bonds. The molecule has 0 radical (unpaired) electrons. The highest BCUT2D eigenvalue weighted by Crippen LogP contribution is 2.15. The van der Waals surface area contributed by atoms with Crippen molar-refractivity contribution >= 4 is 17.7 Å². The van der Waals surface area contributed by atoms with Crippen molar-refractivity contribution in [3.05, 3.63) is 17.5 Å². The van der Waals surface area contributed by atoms with Crippen LogP contribution in [-0.4, -0.2) is 34.7 Å². The van der Waals surface area contributed by atoms with Crippen molar-refractivity contribution in [1.29, 1.82) is 0 Å². The van der Waals surface area contributed by atoms with Crippen LogP contribution >= 0.6 is 11.8 Å². The second-order valence-electron chi connectivity index (χ2n) is 4.27. The van der Waals surface area contributed by atoms with Crippen molar-refractivity contribution in [1.82, 2.24) is 9.78 Å². The topological polar surface area (TPSA) is 70.1 Å². The summed E-state index contributed by atoms with van der Waals surface area (Å²) >= 11 is 1.77. The third kappa shape index (κ3) is 4.87. The van der Waals surface area contributed by atoms with E-state index in [1.807, 2.05) is 4.68 Å². The van der Waals surface area contributed by atoms with Crippen molar-refractivity contribution in [2.75, 3.05) is 12.9 Å². The number of thioether (sulfide) groups is 1. The molecule has 1 aromatic heterocycles. The Morgan fingerprint density at radius 3 is 2.89 bits per heavy atom. The van der Waals surface area contributed by atoms with Crippen molar-refractivity contribution in [2.45, 2.75) is 45.0 Å². The largest absolute Gasteiger partial charge is 0.468 e. The molecule has 1 aromatic rings. The average molecular weight is 285 g/mol. The Morgan fingerprint density at radius 2 is 2.32 bits per heavy atom. The first kappa shape index (κ1) is 16.0. The molecule has 1 rings (SSSR count). The van der Waals surface area contributed by atoms with Crippen LogP contribution in [0.1, 0.15) is 31.7 Å². The smallest absolute Gasteiger partial charge is 0.322 e. The predicted molar refractivity (Wildman–Crippen MR) is 78.0 cm³/mol. The molecule has 0 spiro atoms. The Morgan fingerprint density at radius 1 is 1.58 bits per heavy atom. The van der Waals surface area contributed by atoms with Crippen LogP contribution in [0.3, 0.4) is 0 Å². The lowest BCUT2D eigenvalue weighted by Crippen LogP contribution is -2.31. The van der Waals surface area contributed by atoms with E-state index < -0.39 is 6.04 Å². The highest BCUT2D eigenvalue weighted by Gasteiger charge is 2.13. The van der Waals surface area contributed by atoms with E-state index in [9.17, 15) is 4.79 Å². The maximum atomic E-state index is 11.1. The Hall–Kier alpha value is -1.01. The number of hydrogen-bond donors (Lipinski definition) is 1. The van der Waals surface area contributed by atoms with Crippen LogP contribution in [0.5, 0.6) is 0 Å². The van der Waals surface area contributed by atoms with E-state index in [-0.39, 0.29) is 5.97 Å². The molecule has 0 aliphatic carbocycles. The first-order valence-electron chi connectivity index (χ1n) is 6.59. The molecule has 5 nitrogen and oxygen atoms in total. The molecule has 0 bridgehead atoms. The minimum Gasteiger partial charge on any atom is -0.468 e. The lowest BCUT2D eigenvalue weighted by Gasteiger charge is -2.09. The molecule has 0 aliphatic rings. The third-order valence-corrected chi connectivity index (χ3v) is 3.93. The summed E-state index contributed by atoms with van der Waals surface area (Å²) < 4.78 is 6.63. The standard InChI is InChI=1S/C13H23N3O2S/c1-4-10-8-11(16(5-2)15-10)9-19-7-6-12(14)13(17)18-3/h8,12H,4-7,9,14H2,1-3H3.